The summed E-state index contributed by atoms with van der Waals surface area (Å²) in [6.07, 6.45) is -0.456. The maximum atomic E-state index is 12.8. The largest absolute Gasteiger partial charge is 0.483 e. The van der Waals surface area contributed by atoms with Gasteiger partial charge in [0.15, 0.2) is 6.61 Å². The number of rotatable bonds is 8. The Morgan fingerprint density at radius 1 is 1.27 bits per heavy atom. The van der Waals surface area contributed by atoms with Crippen LogP contribution in [-0.2, 0) is 11.0 Å². The molecule has 1 atom stereocenters. The highest BCUT2D eigenvalue weighted by molar-refractivity contribution is 5.77. The van der Waals surface area contributed by atoms with E-state index >= 15 is 0 Å². The molecule has 22 heavy (non-hydrogen) atoms. The number of amides is 1. The van der Waals surface area contributed by atoms with Gasteiger partial charge in [0.2, 0.25) is 0 Å². The molecule has 1 unspecified atom stereocenters. The summed E-state index contributed by atoms with van der Waals surface area (Å²) in [4.78, 5) is 11.7. The molecule has 0 radical (unpaired) electrons. The van der Waals surface area contributed by atoms with Gasteiger partial charge in [-0.05, 0) is 25.5 Å². The highest BCUT2D eigenvalue weighted by Crippen LogP contribution is 2.35. The molecule has 6 heteroatoms. The first-order valence-electron chi connectivity index (χ1n) is 7.43. The van der Waals surface area contributed by atoms with Crippen molar-refractivity contribution >= 4 is 5.91 Å². The molecule has 0 fully saturated rings. The number of hydrogen-bond donors (Lipinski definition) is 1. The lowest BCUT2D eigenvalue weighted by molar-refractivity contribution is -0.139. The average Bonchev–Trinajstić information content (AvgIpc) is 2.44. The van der Waals surface area contributed by atoms with E-state index in [9.17, 15) is 18.0 Å². The third-order valence-electron chi connectivity index (χ3n) is 3.20. The molecule has 124 valence electrons. The summed E-state index contributed by atoms with van der Waals surface area (Å²) in [5.41, 5.74) is -0.876. The molecule has 0 saturated carbocycles. The number of para-hydroxylation sites is 1. The van der Waals surface area contributed by atoms with Gasteiger partial charge < -0.3 is 10.1 Å². The Hall–Kier alpha value is -1.72. The summed E-state index contributed by atoms with van der Waals surface area (Å²) in [6.45, 7) is 3.54. The van der Waals surface area contributed by atoms with E-state index in [1.807, 2.05) is 6.92 Å². The molecule has 3 nitrogen and oxygen atoms in total. The topological polar surface area (TPSA) is 38.3 Å². The van der Waals surface area contributed by atoms with Crippen molar-refractivity contribution in [1.29, 1.82) is 0 Å². The van der Waals surface area contributed by atoms with Crippen LogP contribution in [0.4, 0.5) is 13.2 Å². The van der Waals surface area contributed by atoms with Crippen LogP contribution in [0.1, 0.15) is 45.1 Å². The highest BCUT2D eigenvalue weighted by atomic mass is 19.4. The number of nitrogens with one attached hydrogen (secondary N) is 1. The van der Waals surface area contributed by atoms with Crippen LogP contribution in [-0.4, -0.2) is 18.6 Å². The van der Waals surface area contributed by atoms with Gasteiger partial charge >= 0.3 is 6.18 Å². The van der Waals surface area contributed by atoms with Crippen molar-refractivity contribution < 1.29 is 22.7 Å². The van der Waals surface area contributed by atoms with Crippen LogP contribution in [0.25, 0.3) is 0 Å². The zero-order valence-electron chi connectivity index (χ0n) is 12.9. The second-order valence-electron chi connectivity index (χ2n) is 5.25. The Morgan fingerprint density at radius 3 is 2.59 bits per heavy atom. The Labute approximate surface area is 128 Å². The third-order valence-corrected chi connectivity index (χ3v) is 3.20. The summed E-state index contributed by atoms with van der Waals surface area (Å²) < 4.78 is 43.3. The second-order valence-corrected chi connectivity index (χ2v) is 5.25. The van der Waals surface area contributed by atoms with E-state index in [4.69, 9.17) is 4.74 Å². The molecule has 1 aromatic carbocycles. The molecule has 1 N–H and O–H groups in total. The van der Waals surface area contributed by atoms with Gasteiger partial charge in [-0.25, -0.2) is 0 Å². The highest BCUT2D eigenvalue weighted by Gasteiger charge is 2.34. The van der Waals surface area contributed by atoms with Gasteiger partial charge in [0.1, 0.15) is 5.75 Å². The fraction of sp³-hybridized carbons (Fsp3) is 0.562. The molecule has 0 heterocycles. The van der Waals surface area contributed by atoms with Crippen molar-refractivity contribution in [2.75, 3.05) is 6.61 Å². The first kappa shape index (κ1) is 18.3. The van der Waals surface area contributed by atoms with Gasteiger partial charge in [-0.2, -0.15) is 13.2 Å². The summed E-state index contributed by atoms with van der Waals surface area (Å²) in [5.74, 6) is -0.746. The minimum Gasteiger partial charge on any atom is -0.483 e. The molecule has 0 aliphatic carbocycles. The van der Waals surface area contributed by atoms with Gasteiger partial charge in [0, 0.05) is 6.04 Å². The number of carbonyl (C=O) groups excluding carboxylic acids is 1. The van der Waals surface area contributed by atoms with E-state index in [2.05, 4.69) is 12.2 Å². The average molecular weight is 317 g/mol. The van der Waals surface area contributed by atoms with Crippen LogP contribution in [0.2, 0.25) is 0 Å². The quantitative estimate of drug-likeness (QED) is 0.731. The van der Waals surface area contributed by atoms with E-state index in [0.717, 1.165) is 31.7 Å². The predicted octanol–water partition coefficient (Wildman–Crippen LogP) is 4.17. The maximum absolute atomic E-state index is 12.8. The maximum Gasteiger partial charge on any atom is 0.419 e. The fourth-order valence-corrected chi connectivity index (χ4v) is 2.06. The van der Waals surface area contributed by atoms with Crippen LogP contribution < -0.4 is 10.1 Å². The molecule has 0 spiro atoms. The lowest BCUT2D eigenvalue weighted by atomic mass is 10.1. The molecular formula is C16H22F3NO2. The van der Waals surface area contributed by atoms with E-state index in [-0.39, 0.29) is 11.8 Å². The number of halogens is 3. The van der Waals surface area contributed by atoms with Gasteiger partial charge in [-0.3, -0.25) is 4.79 Å². The van der Waals surface area contributed by atoms with Crippen molar-refractivity contribution in [1.82, 2.24) is 5.32 Å². The number of hydrogen-bond acceptors (Lipinski definition) is 2. The standard InChI is InChI=1S/C16H22F3NO2/c1-3-4-5-8-12(2)20-15(21)11-22-14-10-7-6-9-13(14)16(17,18)19/h6-7,9-10,12H,3-5,8,11H2,1-2H3,(H,20,21). The minimum absolute atomic E-state index is 0.0134. The number of ether oxygens (including phenoxy) is 1. The molecule has 0 aliphatic heterocycles. The number of unbranched alkanes of at least 4 members (excludes halogenated alkanes) is 2. The van der Waals surface area contributed by atoms with E-state index < -0.39 is 24.3 Å². The number of benzene rings is 1. The lowest BCUT2D eigenvalue weighted by Crippen LogP contribution is -2.36. The normalized spacial score (nSPS) is 12.8. The van der Waals surface area contributed by atoms with Crippen LogP contribution in [0, 0.1) is 0 Å². The molecule has 1 aromatic rings. The molecule has 0 bridgehead atoms. The van der Waals surface area contributed by atoms with Crippen LogP contribution in [0.3, 0.4) is 0 Å². The zero-order chi connectivity index (χ0) is 16.6. The predicted molar refractivity (Wildman–Crippen MR) is 78.7 cm³/mol. The van der Waals surface area contributed by atoms with Crippen LogP contribution >= 0.6 is 0 Å². The number of carbonyl (C=O) groups is 1. The first-order chi connectivity index (χ1) is 10.3. The van der Waals surface area contributed by atoms with E-state index in [1.165, 1.54) is 18.2 Å². The zero-order valence-corrected chi connectivity index (χ0v) is 12.9. The van der Waals surface area contributed by atoms with Gasteiger partial charge in [0.25, 0.3) is 5.91 Å². The van der Waals surface area contributed by atoms with Crippen LogP contribution in [0.5, 0.6) is 5.75 Å². The molecular weight excluding hydrogens is 295 g/mol. The van der Waals surface area contributed by atoms with E-state index in [1.54, 1.807) is 0 Å². The van der Waals surface area contributed by atoms with Crippen molar-refractivity contribution in [3.05, 3.63) is 29.8 Å². The summed E-state index contributed by atoms with van der Waals surface area (Å²) >= 11 is 0. The second kappa shape index (κ2) is 8.66. The SMILES string of the molecule is CCCCCC(C)NC(=O)COc1ccccc1C(F)(F)F. The van der Waals surface area contributed by atoms with E-state index in [0.29, 0.717) is 0 Å². The smallest absolute Gasteiger partial charge is 0.419 e. The molecule has 1 amide bonds. The summed E-state index contributed by atoms with van der Waals surface area (Å²) in [5, 5.41) is 2.72. The summed E-state index contributed by atoms with van der Waals surface area (Å²) in [6, 6.07) is 4.85. The van der Waals surface area contributed by atoms with Gasteiger partial charge in [-0.15, -0.1) is 0 Å². The van der Waals surface area contributed by atoms with Crippen molar-refractivity contribution in [3.8, 4) is 5.75 Å². The Kier molecular flexibility index (Phi) is 7.21. The Morgan fingerprint density at radius 2 is 1.95 bits per heavy atom. The minimum atomic E-state index is -4.50. The molecule has 0 aliphatic rings. The molecule has 1 rings (SSSR count). The Balaban J connectivity index is 2.48. The molecule has 0 saturated heterocycles. The van der Waals surface area contributed by atoms with Crippen molar-refractivity contribution in [3.63, 3.8) is 0 Å². The third kappa shape index (κ3) is 6.37. The van der Waals surface area contributed by atoms with Crippen molar-refractivity contribution in [2.24, 2.45) is 0 Å². The lowest BCUT2D eigenvalue weighted by Gasteiger charge is -2.16. The fourth-order valence-electron chi connectivity index (χ4n) is 2.06. The number of alkyl halides is 3. The molecule has 0 aromatic heterocycles. The monoisotopic (exact) mass is 317 g/mol. The van der Waals surface area contributed by atoms with Gasteiger partial charge in [-0.1, -0.05) is 38.3 Å². The van der Waals surface area contributed by atoms with Crippen molar-refractivity contribution in [2.45, 2.75) is 51.7 Å². The Bertz CT molecular complexity index is 475. The summed E-state index contributed by atoms with van der Waals surface area (Å²) in [7, 11) is 0. The van der Waals surface area contributed by atoms with Gasteiger partial charge in [0.05, 0.1) is 5.56 Å². The van der Waals surface area contributed by atoms with Crippen LogP contribution in [0.15, 0.2) is 24.3 Å². The first-order valence-corrected chi connectivity index (χ1v) is 7.43.